The number of nitrogens with one attached hydrogen (secondary N) is 1. The van der Waals surface area contributed by atoms with E-state index in [2.05, 4.69) is 5.32 Å². The lowest BCUT2D eigenvalue weighted by Gasteiger charge is -2.15. The van der Waals surface area contributed by atoms with Gasteiger partial charge in [0, 0.05) is 0 Å². The van der Waals surface area contributed by atoms with Crippen molar-refractivity contribution in [1.29, 1.82) is 0 Å². The molecule has 3 heteroatoms. The molecular weight excluding hydrogens is 154 g/mol. The zero-order valence-electron chi connectivity index (χ0n) is 7.38. The highest BCUT2D eigenvalue weighted by Crippen LogP contribution is 2.42. The van der Waals surface area contributed by atoms with Gasteiger partial charge in [-0.2, -0.15) is 0 Å². The zero-order valence-corrected chi connectivity index (χ0v) is 7.38. The van der Waals surface area contributed by atoms with Crippen molar-refractivity contribution in [3.05, 3.63) is 0 Å². The van der Waals surface area contributed by atoms with Crippen LogP contribution in [0.25, 0.3) is 0 Å². The first-order valence-electron chi connectivity index (χ1n) is 4.64. The molecule has 0 aromatic rings. The Bertz CT molecular complexity index is 189. The molecule has 2 rings (SSSR count). The zero-order chi connectivity index (χ0) is 8.55. The summed E-state index contributed by atoms with van der Waals surface area (Å²) in [5, 5.41) is 3.20. The van der Waals surface area contributed by atoms with Gasteiger partial charge >= 0.3 is 5.97 Å². The van der Waals surface area contributed by atoms with Gasteiger partial charge in [-0.05, 0) is 37.6 Å². The highest BCUT2D eigenvalue weighted by Gasteiger charge is 2.42. The number of hydrogen-bond donors (Lipinski definition) is 1. The molecule has 2 fully saturated rings. The molecule has 12 heavy (non-hydrogen) atoms. The average molecular weight is 169 g/mol. The van der Waals surface area contributed by atoms with Gasteiger partial charge in [0.15, 0.2) is 0 Å². The van der Waals surface area contributed by atoms with E-state index in [4.69, 9.17) is 4.74 Å². The van der Waals surface area contributed by atoms with E-state index in [1.165, 1.54) is 20.0 Å². The molecule has 1 aliphatic heterocycles. The molecule has 1 saturated heterocycles. The van der Waals surface area contributed by atoms with Crippen LogP contribution in [0.15, 0.2) is 0 Å². The van der Waals surface area contributed by atoms with Gasteiger partial charge in [-0.15, -0.1) is 0 Å². The molecule has 1 N–H and O–H groups in total. The first kappa shape index (κ1) is 8.05. The predicted molar refractivity (Wildman–Crippen MR) is 44.6 cm³/mol. The minimum absolute atomic E-state index is 0.0116. The van der Waals surface area contributed by atoms with Gasteiger partial charge in [-0.25, -0.2) is 0 Å². The Morgan fingerprint density at radius 1 is 1.42 bits per heavy atom. The molecule has 1 saturated carbocycles. The van der Waals surface area contributed by atoms with Gasteiger partial charge in [-0.3, -0.25) is 4.79 Å². The minimum atomic E-state index is -0.0793. The molecule has 0 spiro atoms. The van der Waals surface area contributed by atoms with E-state index in [-0.39, 0.29) is 12.0 Å². The van der Waals surface area contributed by atoms with E-state index in [9.17, 15) is 4.79 Å². The fraction of sp³-hybridized carbons (Fsp3) is 0.889. The van der Waals surface area contributed by atoms with E-state index in [1.807, 2.05) is 0 Å². The lowest BCUT2D eigenvalue weighted by atomic mass is 9.95. The van der Waals surface area contributed by atoms with Crippen molar-refractivity contribution in [2.24, 2.45) is 11.8 Å². The smallest absolute Gasteiger partial charge is 0.323 e. The molecule has 0 amide bonds. The van der Waals surface area contributed by atoms with Crippen molar-refractivity contribution in [3.63, 3.8) is 0 Å². The number of esters is 1. The van der Waals surface area contributed by atoms with E-state index >= 15 is 0 Å². The molecule has 0 aromatic carbocycles. The van der Waals surface area contributed by atoms with Crippen LogP contribution in [0.5, 0.6) is 0 Å². The van der Waals surface area contributed by atoms with Crippen LogP contribution in [-0.4, -0.2) is 25.7 Å². The summed E-state index contributed by atoms with van der Waals surface area (Å²) in [4.78, 5) is 11.3. The standard InChI is InChI=1S/C9H15NO2/c1-12-9(11)8-7(4-5-10-8)6-2-3-6/h6-8,10H,2-5H2,1H3. The number of methoxy groups -OCH3 is 1. The Morgan fingerprint density at radius 3 is 2.75 bits per heavy atom. The number of rotatable bonds is 2. The molecule has 68 valence electrons. The number of ether oxygens (including phenoxy) is 1. The lowest BCUT2D eigenvalue weighted by molar-refractivity contribution is -0.143. The number of carbonyl (C=O) groups is 1. The van der Waals surface area contributed by atoms with Gasteiger partial charge in [0.25, 0.3) is 0 Å². The van der Waals surface area contributed by atoms with Gasteiger partial charge in [0.2, 0.25) is 0 Å². The SMILES string of the molecule is COC(=O)C1NCCC1C1CC1. The van der Waals surface area contributed by atoms with Gasteiger partial charge in [0.05, 0.1) is 7.11 Å². The summed E-state index contributed by atoms with van der Waals surface area (Å²) in [7, 11) is 1.46. The second-order valence-electron chi connectivity index (χ2n) is 3.74. The third-order valence-electron chi connectivity index (χ3n) is 2.95. The Labute approximate surface area is 72.5 Å². The van der Waals surface area contributed by atoms with Crippen LogP contribution < -0.4 is 5.32 Å². The second-order valence-corrected chi connectivity index (χ2v) is 3.74. The number of hydrogen-bond acceptors (Lipinski definition) is 3. The van der Waals surface area contributed by atoms with E-state index in [1.54, 1.807) is 0 Å². The molecule has 0 radical (unpaired) electrons. The van der Waals surface area contributed by atoms with Crippen LogP contribution in [0.1, 0.15) is 19.3 Å². The molecular formula is C9H15NO2. The normalized spacial score (nSPS) is 35.1. The maximum absolute atomic E-state index is 11.3. The Balaban J connectivity index is 1.98. The largest absolute Gasteiger partial charge is 0.468 e. The first-order valence-corrected chi connectivity index (χ1v) is 4.64. The molecule has 1 heterocycles. The quantitative estimate of drug-likeness (QED) is 0.613. The fourth-order valence-corrected chi connectivity index (χ4v) is 2.14. The first-order chi connectivity index (χ1) is 5.83. The van der Waals surface area contributed by atoms with E-state index in [0.717, 1.165) is 18.9 Å². The molecule has 2 aliphatic rings. The predicted octanol–water partition coefficient (Wildman–Crippen LogP) is 0.547. The third kappa shape index (κ3) is 1.33. The van der Waals surface area contributed by atoms with Crippen LogP contribution in [0.2, 0.25) is 0 Å². The summed E-state index contributed by atoms with van der Waals surface area (Å²) in [6, 6.07) is -0.0116. The maximum Gasteiger partial charge on any atom is 0.323 e. The van der Waals surface area contributed by atoms with E-state index in [0.29, 0.717) is 5.92 Å². The Hall–Kier alpha value is -0.570. The minimum Gasteiger partial charge on any atom is -0.468 e. The molecule has 2 unspecified atom stereocenters. The Kier molecular flexibility index (Phi) is 2.05. The van der Waals surface area contributed by atoms with Gasteiger partial charge in [-0.1, -0.05) is 0 Å². The molecule has 0 bridgehead atoms. The van der Waals surface area contributed by atoms with Crippen molar-refractivity contribution in [2.45, 2.75) is 25.3 Å². The molecule has 0 aromatic heterocycles. The van der Waals surface area contributed by atoms with Crippen LogP contribution in [0, 0.1) is 11.8 Å². The van der Waals surface area contributed by atoms with Crippen molar-refractivity contribution in [3.8, 4) is 0 Å². The van der Waals surface area contributed by atoms with Crippen molar-refractivity contribution in [1.82, 2.24) is 5.32 Å². The summed E-state index contributed by atoms with van der Waals surface area (Å²) < 4.78 is 4.74. The van der Waals surface area contributed by atoms with Crippen LogP contribution in [-0.2, 0) is 9.53 Å². The number of carbonyl (C=O) groups excluding carboxylic acids is 1. The highest BCUT2D eigenvalue weighted by molar-refractivity contribution is 5.76. The van der Waals surface area contributed by atoms with Crippen molar-refractivity contribution >= 4 is 5.97 Å². The van der Waals surface area contributed by atoms with Crippen LogP contribution >= 0.6 is 0 Å². The summed E-state index contributed by atoms with van der Waals surface area (Å²) >= 11 is 0. The Morgan fingerprint density at radius 2 is 2.17 bits per heavy atom. The lowest BCUT2D eigenvalue weighted by Crippen LogP contribution is -2.37. The average Bonchev–Trinajstić information content (AvgIpc) is 2.83. The fourth-order valence-electron chi connectivity index (χ4n) is 2.14. The molecule has 3 nitrogen and oxygen atoms in total. The summed E-state index contributed by atoms with van der Waals surface area (Å²) in [6.07, 6.45) is 3.75. The second kappa shape index (κ2) is 3.05. The third-order valence-corrected chi connectivity index (χ3v) is 2.95. The van der Waals surface area contributed by atoms with Crippen LogP contribution in [0.4, 0.5) is 0 Å². The monoisotopic (exact) mass is 169 g/mol. The summed E-state index contributed by atoms with van der Waals surface area (Å²) in [6.45, 7) is 0.973. The highest BCUT2D eigenvalue weighted by atomic mass is 16.5. The maximum atomic E-state index is 11.3. The molecule has 2 atom stereocenters. The summed E-state index contributed by atoms with van der Waals surface area (Å²) in [5.41, 5.74) is 0. The van der Waals surface area contributed by atoms with Crippen LogP contribution in [0.3, 0.4) is 0 Å². The van der Waals surface area contributed by atoms with E-state index < -0.39 is 0 Å². The van der Waals surface area contributed by atoms with Crippen molar-refractivity contribution < 1.29 is 9.53 Å². The van der Waals surface area contributed by atoms with Gasteiger partial charge < -0.3 is 10.1 Å². The topological polar surface area (TPSA) is 38.3 Å². The molecule has 1 aliphatic carbocycles. The van der Waals surface area contributed by atoms with Gasteiger partial charge in [0.1, 0.15) is 6.04 Å². The summed E-state index contributed by atoms with van der Waals surface area (Å²) in [5.74, 6) is 1.27. The van der Waals surface area contributed by atoms with Crippen molar-refractivity contribution in [2.75, 3.05) is 13.7 Å².